The van der Waals surface area contributed by atoms with Crippen LogP contribution in [0.4, 0.5) is 0 Å². The number of hydrogen-bond donors (Lipinski definition) is 3. The van der Waals surface area contributed by atoms with Gasteiger partial charge in [-0.2, -0.15) is 5.26 Å². The average Bonchev–Trinajstić information content (AvgIpc) is 2.67. The summed E-state index contributed by atoms with van der Waals surface area (Å²) in [5.74, 6) is 1.31. The lowest BCUT2D eigenvalue weighted by Gasteiger charge is -2.42. The molecule has 0 saturated heterocycles. The first-order valence-corrected chi connectivity index (χ1v) is 8.91. The molecule has 0 spiro atoms. The number of rotatable bonds is 6. The summed E-state index contributed by atoms with van der Waals surface area (Å²) in [6.45, 7) is 3.97. The maximum atomic E-state index is 10.7. The Bertz CT molecular complexity index is 817. The standard InChI is InChI=1S/C21H24N2O4/c1-21(2)20(25)19(17-10-14(11-22)8-9-18(17)27-21)23-12-15(24)13-26-16-6-4-3-5-7-16/h3-10,15,19-20,23-25H,12-13H2,1-2H3. The zero-order valence-electron chi connectivity index (χ0n) is 15.4. The number of aliphatic hydroxyl groups is 2. The van der Waals surface area contributed by atoms with Crippen LogP contribution in [0.15, 0.2) is 48.5 Å². The van der Waals surface area contributed by atoms with Crippen LogP contribution in [0.2, 0.25) is 0 Å². The van der Waals surface area contributed by atoms with Crippen molar-refractivity contribution in [1.29, 1.82) is 5.26 Å². The van der Waals surface area contributed by atoms with E-state index in [9.17, 15) is 10.2 Å². The molecular formula is C21H24N2O4. The monoisotopic (exact) mass is 368 g/mol. The molecule has 0 aliphatic carbocycles. The van der Waals surface area contributed by atoms with Crippen LogP contribution in [0.3, 0.4) is 0 Å². The van der Waals surface area contributed by atoms with Crippen LogP contribution in [-0.2, 0) is 0 Å². The van der Waals surface area contributed by atoms with E-state index in [0.717, 1.165) is 0 Å². The number of aliphatic hydroxyl groups excluding tert-OH is 2. The van der Waals surface area contributed by atoms with Gasteiger partial charge in [0, 0.05) is 12.1 Å². The van der Waals surface area contributed by atoms with E-state index in [1.807, 2.05) is 44.2 Å². The first-order valence-electron chi connectivity index (χ1n) is 8.91. The van der Waals surface area contributed by atoms with Gasteiger partial charge in [-0.1, -0.05) is 18.2 Å². The van der Waals surface area contributed by atoms with E-state index in [4.69, 9.17) is 14.7 Å². The highest BCUT2D eigenvalue weighted by molar-refractivity contribution is 5.46. The Balaban J connectivity index is 1.68. The van der Waals surface area contributed by atoms with Crippen LogP contribution >= 0.6 is 0 Å². The second kappa shape index (κ2) is 7.97. The molecule has 3 unspecified atom stereocenters. The van der Waals surface area contributed by atoms with Crippen molar-refractivity contribution in [3.05, 3.63) is 59.7 Å². The molecule has 0 aromatic heterocycles. The van der Waals surface area contributed by atoms with E-state index in [-0.39, 0.29) is 13.2 Å². The highest BCUT2D eigenvalue weighted by atomic mass is 16.5. The predicted molar refractivity (Wildman–Crippen MR) is 101 cm³/mol. The van der Waals surface area contributed by atoms with Crippen LogP contribution < -0.4 is 14.8 Å². The summed E-state index contributed by atoms with van der Waals surface area (Å²) in [4.78, 5) is 0. The molecule has 3 N–H and O–H groups in total. The Morgan fingerprint density at radius 3 is 2.70 bits per heavy atom. The van der Waals surface area contributed by atoms with Gasteiger partial charge in [-0.05, 0) is 44.2 Å². The minimum absolute atomic E-state index is 0.130. The fourth-order valence-electron chi connectivity index (χ4n) is 3.12. The molecule has 3 atom stereocenters. The number of nitrogens with one attached hydrogen (secondary N) is 1. The molecule has 2 aromatic rings. The smallest absolute Gasteiger partial charge is 0.131 e. The number of benzene rings is 2. The quantitative estimate of drug-likeness (QED) is 0.723. The molecule has 1 aliphatic heterocycles. The molecule has 27 heavy (non-hydrogen) atoms. The number of nitrogens with zero attached hydrogens (tertiary/aromatic N) is 1. The highest BCUT2D eigenvalue weighted by Crippen LogP contribution is 2.40. The molecule has 6 heteroatoms. The predicted octanol–water partition coefficient (Wildman–Crippen LogP) is 2.16. The lowest BCUT2D eigenvalue weighted by molar-refractivity contribution is -0.0664. The lowest BCUT2D eigenvalue weighted by Crippen LogP contribution is -2.53. The van der Waals surface area contributed by atoms with Crippen molar-refractivity contribution in [3.8, 4) is 17.6 Å². The summed E-state index contributed by atoms with van der Waals surface area (Å²) in [7, 11) is 0. The topological polar surface area (TPSA) is 94.7 Å². The molecule has 0 saturated carbocycles. The highest BCUT2D eigenvalue weighted by Gasteiger charge is 2.42. The van der Waals surface area contributed by atoms with E-state index >= 15 is 0 Å². The van der Waals surface area contributed by atoms with Gasteiger partial charge < -0.3 is 25.0 Å². The zero-order valence-corrected chi connectivity index (χ0v) is 15.4. The maximum Gasteiger partial charge on any atom is 0.131 e. The number of ether oxygens (including phenoxy) is 2. The number of fused-ring (bicyclic) bond motifs is 1. The van der Waals surface area contributed by atoms with Crippen LogP contribution in [-0.4, -0.2) is 41.2 Å². The SMILES string of the molecule is CC1(C)Oc2ccc(C#N)cc2C(NCC(O)COc2ccccc2)C1O. The molecule has 6 nitrogen and oxygen atoms in total. The van der Waals surface area contributed by atoms with Gasteiger partial charge in [0.15, 0.2) is 0 Å². The van der Waals surface area contributed by atoms with Crippen LogP contribution in [0.25, 0.3) is 0 Å². The van der Waals surface area contributed by atoms with Gasteiger partial charge in [-0.15, -0.1) is 0 Å². The van der Waals surface area contributed by atoms with E-state index < -0.39 is 23.9 Å². The molecule has 3 rings (SSSR count). The van der Waals surface area contributed by atoms with E-state index in [0.29, 0.717) is 22.6 Å². The molecule has 2 aromatic carbocycles. The Kier molecular flexibility index (Phi) is 5.66. The van der Waals surface area contributed by atoms with Crippen molar-refractivity contribution in [1.82, 2.24) is 5.32 Å². The normalized spacial score (nSPS) is 21.4. The molecule has 1 aliphatic rings. The summed E-state index contributed by atoms with van der Waals surface area (Å²) in [6.07, 6.45) is -1.60. The van der Waals surface area contributed by atoms with Gasteiger partial charge in [0.1, 0.15) is 35.9 Å². The van der Waals surface area contributed by atoms with E-state index in [1.54, 1.807) is 18.2 Å². The second-order valence-corrected chi connectivity index (χ2v) is 7.18. The Labute approximate surface area is 159 Å². The third-order valence-electron chi connectivity index (χ3n) is 4.63. The summed E-state index contributed by atoms with van der Waals surface area (Å²) in [5.41, 5.74) is 0.394. The Morgan fingerprint density at radius 1 is 1.26 bits per heavy atom. The molecule has 0 radical (unpaired) electrons. The van der Waals surface area contributed by atoms with Crippen molar-refractivity contribution in [2.75, 3.05) is 13.2 Å². The van der Waals surface area contributed by atoms with Gasteiger partial charge in [0.2, 0.25) is 0 Å². The summed E-state index contributed by atoms with van der Waals surface area (Å²) >= 11 is 0. The first kappa shape index (κ1) is 19.2. The van der Waals surface area contributed by atoms with Crippen molar-refractivity contribution in [2.45, 2.75) is 37.7 Å². The third kappa shape index (κ3) is 4.40. The van der Waals surface area contributed by atoms with Crippen molar-refractivity contribution >= 4 is 0 Å². The fraction of sp³-hybridized carbons (Fsp3) is 0.381. The van der Waals surface area contributed by atoms with Crippen LogP contribution in [0.1, 0.15) is 31.0 Å². The fourth-order valence-corrected chi connectivity index (χ4v) is 3.12. The molecule has 0 bridgehead atoms. The average molecular weight is 368 g/mol. The van der Waals surface area contributed by atoms with Gasteiger partial charge in [0.05, 0.1) is 17.7 Å². The third-order valence-corrected chi connectivity index (χ3v) is 4.63. The van der Waals surface area contributed by atoms with Crippen molar-refractivity contribution in [3.63, 3.8) is 0 Å². The van der Waals surface area contributed by atoms with Crippen LogP contribution in [0, 0.1) is 11.3 Å². The van der Waals surface area contributed by atoms with Gasteiger partial charge in [-0.25, -0.2) is 0 Å². The summed E-state index contributed by atoms with van der Waals surface area (Å²) < 4.78 is 11.4. The Morgan fingerprint density at radius 2 is 2.00 bits per heavy atom. The molecular weight excluding hydrogens is 344 g/mol. The van der Waals surface area contributed by atoms with E-state index in [1.165, 1.54) is 0 Å². The summed E-state index contributed by atoms with van der Waals surface area (Å²) in [6, 6.07) is 16.0. The van der Waals surface area contributed by atoms with Crippen molar-refractivity contribution in [2.24, 2.45) is 0 Å². The van der Waals surface area contributed by atoms with Crippen molar-refractivity contribution < 1.29 is 19.7 Å². The van der Waals surface area contributed by atoms with E-state index in [2.05, 4.69) is 11.4 Å². The second-order valence-electron chi connectivity index (χ2n) is 7.18. The maximum absolute atomic E-state index is 10.7. The number of nitriles is 1. The van der Waals surface area contributed by atoms with Gasteiger partial charge >= 0.3 is 0 Å². The summed E-state index contributed by atoms with van der Waals surface area (Å²) in [5, 5.41) is 33.4. The minimum Gasteiger partial charge on any atom is -0.491 e. The molecule has 1 heterocycles. The molecule has 0 amide bonds. The zero-order chi connectivity index (χ0) is 19.4. The molecule has 0 fully saturated rings. The van der Waals surface area contributed by atoms with Gasteiger partial charge in [-0.3, -0.25) is 0 Å². The first-order chi connectivity index (χ1) is 12.9. The largest absolute Gasteiger partial charge is 0.491 e. The molecule has 142 valence electrons. The lowest BCUT2D eigenvalue weighted by atomic mass is 9.86. The van der Waals surface area contributed by atoms with Gasteiger partial charge in [0.25, 0.3) is 0 Å². The minimum atomic E-state index is -0.846. The van der Waals surface area contributed by atoms with Crippen LogP contribution in [0.5, 0.6) is 11.5 Å². The number of hydrogen-bond acceptors (Lipinski definition) is 6. The number of para-hydroxylation sites is 1. The Hall–Kier alpha value is -2.59.